The van der Waals surface area contributed by atoms with E-state index in [4.69, 9.17) is 5.41 Å². The van der Waals surface area contributed by atoms with Gasteiger partial charge in [0.15, 0.2) is 0 Å². The van der Waals surface area contributed by atoms with E-state index in [2.05, 4.69) is 14.8 Å². The van der Waals surface area contributed by atoms with Gasteiger partial charge >= 0.3 is 0 Å². The molecule has 3 N–H and O–H groups in total. The van der Waals surface area contributed by atoms with Crippen LogP contribution in [-0.4, -0.2) is 57.7 Å². The van der Waals surface area contributed by atoms with Gasteiger partial charge < -0.3 is 10.0 Å². The number of sulfonamides is 1. The Bertz CT molecular complexity index is 1470. The third-order valence-corrected chi connectivity index (χ3v) is 8.53. The molecule has 2 aromatic heterocycles. The fourth-order valence-corrected chi connectivity index (χ4v) is 6.43. The monoisotopic (exact) mass is 510 g/mol. The molecule has 0 bridgehead atoms. The van der Waals surface area contributed by atoms with Gasteiger partial charge in [-0.05, 0) is 54.8 Å². The maximum Gasteiger partial charge on any atom is 0.264 e. The van der Waals surface area contributed by atoms with Crippen LogP contribution in [0.5, 0.6) is 0 Å². The van der Waals surface area contributed by atoms with Gasteiger partial charge in [-0.2, -0.15) is 5.10 Å². The summed E-state index contributed by atoms with van der Waals surface area (Å²) in [6.07, 6.45) is 5.36. The summed E-state index contributed by atoms with van der Waals surface area (Å²) in [7, 11) is -1.95. The Balaban J connectivity index is 1.23. The Morgan fingerprint density at radius 3 is 2.63 bits per heavy atom. The number of likely N-dealkylation sites (tertiary alicyclic amines) is 1. The van der Waals surface area contributed by atoms with Crippen molar-refractivity contribution in [2.45, 2.75) is 29.8 Å². The lowest BCUT2D eigenvalue weighted by Crippen LogP contribution is -2.47. The number of thiazole rings is 1. The lowest BCUT2D eigenvalue weighted by molar-refractivity contribution is -0.00692. The second kappa shape index (κ2) is 9.06. The summed E-state index contributed by atoms with van der Waals surface area (Å²) in [6, 6.07) is 11.9. The minimum Gasteiger partial charge on any atom is -0.389 e. The molecule has 1 fully saturated rings. The molecular formula is C24H26N6O3S2. The molecule has 0 saturated carbocycles. The molecule has 182 valence electrons. The molecule has 0 atom stereocenters. The van der Waals surface area contributed by atoms with Gasteiger partial charge in [-0.15, -0.1) is 11.3 Å². The summed E-state index contributed by atoms with van der Waals surface area (Å²) in [6.45, 7) is 1.14. The molecular weight excluding hydrogens is 484 g/mol. The molecule has 5 rings (SSSR count). The highest BCUT2D eigenvalue weighted by Crippen LogP contribution is 2.28. The zero-order valence-electron chi connectivity index (χ0n) is 19.2. The lowest BCUT2D eigenvalue weighted by atomic mass is 9.86. The molecule has 35 heavy (non-hydrogen) atoms. The largest absolute Gasteiger partial charge is 0.389 e. The van der Waals surface area contributed by atoms with E-state index in [9.17, 15) is 13.5 Å². The number of benzene rings is 2. The lowest BCUT2D eigenvalue weighted by Gasteiger charge is -2.39. The predicted molar refractivity (Wildman–Crippen MR) is 136 cm³/mol. The van der Waals surface area contributed by atoms with E-state index in [0.717, 1.165) is 10.3 Å². The molecule has 1 aliphatic rings. The molecule has 9 nitrogen and oxygen atoms in total. The first-order chi connectivity index (χ1) is 16.7. The van der Waals surface area contributed by atoms with Gasteiger partial charge in [0.2, 0.25) is 0 Å². The van der Waals surface area contributed by atoms with Gasteiger partial charge in [0.1, 0.15) is 16.2 Å². The number of fused-ring (bicyclic) bond motifs is 1. The minimum atomic E-state index is -3.80. The number of anilines is 1. The first-order valence-electron chi connectivity index (χ1n) is 11.2. The van der Waals surface area contributed by atoms with Crippen LogP contribution in [-0.2, 0) is 23.5 Å². The summed E-state index contributed by atoms with van der Waals surface area (Å²) in [4.78, 5) is 6.28. The van der Waals surface area contributed by atoms with Crippen LogP contribution in [0.1, 0.15) is 24.0 Å². The second-order valence-electron chi connectivity index (χ2n) is 8.90. The van der Waals surface area contributed by atoms with Gasteiger partial charge in [0, 0.05) is 44.0 Å². The summed E-state index contributed by atoms with van der Waals surface area (Å²) in [5.41, 5.74) is 3.39. The number of amidine groups is 1. The molecule has 0 unspecified atom stereocenters. The number of aromatic nitrogens is 3. The van der Waals surface area contributed by atoms with Crippen molar-refractivity contribution >= 4 is 43.1 Å². The fraction of sp³-hybridized carbons (Fsp3) is 0.292. The highest BCUT2D eigenvalue weighted by molar-refractivity contribution is 7.93. The second-order valence-corrected chi connectivity index (χ2v) is 11.4. The Morgan fingerprint density at radius 2 is 1.94 bits per heavy atom. The molecule has 4 aromatic rings. The van der Waals surface area contributed by atoms with Crippen molar-refractivity contribution in [2.75, 3.05) is 17.8 Å². The SMILES string of the molecule is Cn1cc(CC2(O)CCN(C(=N)c3ccc(NS(=O)(=O)c4cccc5scnc45)cc3)CC2)cn1. The van der Waals surface area contributed by atoms with Crippen LogP contribution < -0.4 is 4.72 Å². The number of rotatable bonds is 6. The summed E-state index contributed by atoms with van der Waals surface area (Å²) in [5.74, 6) is 0.357. The van der Waals surface area contributed by atoms with Crippen LogP contribution in [0.25, 0.3) is 10.2 Å². The number of nitrogens with one attached hydrogen (secondary N) is 2. The third kappa shape index (κ3) is 4.93. The molecule has 1 aliphatic heterocycles. The molecule has 0 aliphatic carbocycles. The van der Waals surface area contributed by atoms with E-state index in [0.29, 0.717) is 55.0 Å². The average Bonchev–Trinajstić information content (AvgIpc) is 3.47. The summed E-state index contributed by atoms with van der Waals surface area (Å²) < 4.78 is 31.0. The van der Waals surface area contributed by atoms with E-state index in [-0.39, 0.29) is 4.90 Å². The maximum atomic E-state index is 12.9. The van der Waals surface area contributed by atoms with Crippen molar-refractivity contribution in [1.29, 1.82) is 5.41 Å². The summed E-state index contributed by atoms with van der Waals surface area (Å²) in [5, 5.41) is 23.8. The van der Waals surface area contributed by atoms with Gasteiger partial charge in [-0.25, -0.2) is 13.4 Å². The van der Waals surface area contributed by atoms with E-state index in [1.807, 2.05) is 24.2 Å². The number of nitrogens with zero attached hydrogens (tertiary/aromatic N) is 4. The van der Waals surface area contributed by atoms with Crippen molar-refractivity contribution in [3.05, 3.63) is 71.5 Å². The number of aryl methyl sites for hydroxylation is 1. The Kier molecular flexibility index (Phi) is 6.07. The van der Waals surface area contributed by atoms with E-state index in [1.165, 1.54) is 11.3 Å². The molecule has 0 radical (unpaired) electrons. The molecule has 2 aromatic carbocycles. The smallest absolute Gasteiger partial charge is 0.264 e. The van der Waals surface area contributed by atoms with Crippen molar-refractivity contribution in [3.63, 3.8) is 0 Å². The molecule has 3 heterocycles. The highest BCUT2D eigenvalue weighted by Gasteiger charge is 2.33. The number of hydrogen-bond donors (Lipinski definition) is 3. The topological polar surface area (TPSA) is 124 Å². The van der Waals surface area contributed by atoms with Crippen molar-refractivity contribution in [1.82, 2.24) is 19.7 Å². The van der Waals surface area contributed by atoms with E-state index in [1.54, 1.807) is 52.8 Å². The van der Waals surface area contributed by atoms with Crippen LogP contribution in [0.3, 0.4) is 0 Å². The average molecular weight is 511 g/mol. The quantitative estimate of drug-likeness (QED) is 0.270. The van der Waals surface area contributed by atoms with Gasteiger partial charge in [-0.3, -0.25) is 14.8 Å². The fourth-order valence-electron chi connectivity index (χ4n) is 4.43. The van der Waals surface area contributed by atoms with Crippen molar-refractivity contribution in [2.24, 2.45) is 7.05 Å². The molecule has 0 spiro atoms. The zero-order valence-corrected chi connectivity index (χ0v) is 20.8. The number of hydrogen-bond acceptors (Lipinski definition) is 7. The van der Waals surface area contributed by atoms with E-state index < -0.39 is 15.6 Å². The molecule has 1 saturated heterocycles. The van der Waals surface area contributed by atoms with Crippen molar-refractivity contribution < 1.29 is 13.5 Å². The Labute approximate surface area is 207 Å². The van der Waals surface area contributed by atoms with Gasteiger partial charge in [0.05, 0.1) is 22.0 Å². The normalized spacial score (nSPS) is 15.9. The minimum absolute atomic E-state index is 0.139. The molecule has 0 amide bonds. The number of para-hydroxylation sites is 1. The number of aliphatic hydroxyl groups is 1. The van der Waals surface area contributed by atoms with Crippen LogP contribution in [0.15, 0.2) is 65.3 Å². The van der Waals surface area contributed by atoms with Gasteiger partial charge in [-0.1, -0.05) is 6.07 Å². The highest BCUT2D eigenvalue weighted by atomic mass is 32.2. The standard InChI is InChI=1S/C24H26N6O3S2/c1-29-15-17(14-27-29)13-24(31)9-11-30(12-10-24)23(25)18-5-7-19(8-6-18)28-35(32,33)21-4-2-3-20-22(21)26-16-34-20/h2-8,14-16,25,28,31H,9-13H2,1H3. The Hall–Kier alpha value is -3.28. The number of piperidine rings is 1. The van der Waals surface area contributed by atoms with Crippen molar-refractivity contribution in [3.8, 4) is 0 Å². The van der Waals surface area contributed by atoms with Crippen LogP contribution in [0.4, 0.5) is 5.69 Å². The molecule has 11 heteroatoms. The summed E-state index contributed by atoms with van der Waals surface area (Å²) >= 11 is 1.39. The Morgan fingerprint density at radius 1 is 1.20 bits per heavy atom. The third-order valence-electron chi connectivity index (χ3n) is 6.33. The van der Waals surface area contributed by atoms with Crippen LogP contribution >= 0.6 is 11.3 Å². The zero-order chi connectivity index (χ0) is 24.6. The first kappa shape index (κ1) is 23.5. The van der Waals surface area contributed by atoms with Crippen LogP contribution in [0.2, 0.25) is 0 Å². The van der Waals surface area contributed by atoms with E-state index >= 15 is 0 Å². The van der Waals surface area contributed by atoms with Crippen LogP contribution in [0, 0.1) is 5.41 Å². The first-order valence-corrected chi connectivity index (χ1v) is 13.6. The van der Waals surface area contributed by atoms with Gasteiger partial charge in [0.25, 0.3) is 10.0 Å². The maximum absolute atomic E-state index is 12.9. The predicted octanol–water partition coefficient (Wildman–Crippen LogP) is 3.23.